The van der Waals surface area contributed by atoms with Crippen LogP contribution in [0.15, 0.2) is 60.2 Å². The van der Waals surface area contributed by atoms with Gasteiger partial charge in [0.25, 0.3) is 0 Å². The molecule has 0 aromatic heterocycles. The first-order valence-electron chi connectivity index (χ1n) is 11.0. The van der Waals surface area contributed by atoms with E-state index >= 15 is 0 Å². The Balaban J connectivity index is 1.98. The van der Waals surface area contributed by atoms with Gasteiger partial charge in [0.1, 0.15) is 11.6 Å². The van der Waals surface area contributed by atoms with Crippen LogP contribution in [0.2, 0.25) is 0 Å². The Hall–Kier alpha value is -3.54. The molecule has 1 aliphatic carbocycles. The molecule has 0 bridgehead atoms. The molecule has 1 aliphatic rings. The highest BCUT2D eigenvalue weighted by molar-refractivity contribution is 5.88. The lowest BCUT2D eigenvalue weighted by Gasteiger charge is -2.35. The molecule has 0 saturated heterocycles. The van der Waals surface area contributed by atoms with Crippen LogP contribution < -0.4 is 5.73 Å². The van der Waals surface area contributed by atoms with Crippen molar-refractivity contribution in [2.24, 2.45) is 5.73 Å². The Morgan fingerprint density at radius 2 is 1.82 bits per heavy atom. The first-order chi connectivity index (χ1) is 15.5. The Morgan fingerprint density at radius 1 is 1.15 bits per heavy atom. The van der Waals surface area contributed by atoms with E-state index in [2.05, 4.69) is 6.07 Å². The third-order valence-electron chi connectivity index (χ3n) is 6.44. The molecule has 2 aromatic carbocycles. The maximum atomic E-state index is 14.0. The van der Waals surface area contributed by atoms with Gasteiger partial charge in [0.05, 0.1) is 29.0 Å². The number of Topliss-reactive ketones (excluding diaryl/α,β-unsaturated/α-hetero) is 1. The third kappa shape index (κ3) is 4.80. The smallest absolute Gasteiger partial charge is 0.142 e. The summed E-state index contributed by atoms with van der Waals surface area (Å²) in [6.45, 7) is 7.38. The zero-order chi connectivity index (χ0) is 24.4. The summed E-state index contributed by atoms with van der Waals surface area (Å²) in [7, 11) is 0. The molecule has 0 aliphatic heterocycles. The van der Waals surface area contributed by atoms with Gasteiger partial charge in [-0.3, -0.25) is 4.79 Å². The van der Waals surface area contributed by atoms with Gasteiger partial charge >= 0.3 is 0 Å². The van der Waals surface area contributed by atoms with Crippen LogP contribution in [0.3, 0.4) is 0 Å². The van der Waals surface area contributed by atoms with Gasteiger partial charge in [-0.15, -0.1) is 0 Å². The molecule has 2 N–H and O–H groups in total. The highest BCUT2D eigenvalue weighted by atomic mass is 19.1. The van der Waals surface area contributed by atoms with E-state index in [4.69, 9.17) is 11.0 Å². The van der Waals surface area contributed by atoms with Crippen molar-refractivity contribution in [3.05, 3.63) is 88.3 Å². The van der Waals surface area contributed by atoms with Crippen LogP contribution in [0.25, 0.3) is 5.57 Å². The summed E-state index contributed by atoms with van der Waals surface area (Å²) in [6.07, 6.45) is 4.72. The van der Waals surface area contributed by atoms with Gasteiger partial charge in [0.2, 0.25) is 0 Å². The van der Waals surface area contributed by atoms with Gasteiger partial charge < -0.3 is 5.73 Å². The summed E-state index contributed by atoms with van der Waals surface area (Å²) in [6, 6.07) is 16.0. The molecule has 2 atom stereocenters. The van der Waals surface area contributed by atoms with E-state index in [9.17, 15) is 14.4 Å². The summed E-state index contributed by atoms with van der Waals surface area (Å²) in [4.78, 5) is 13.1. The number of nitriles is 2. The van der Waals surface area contributed by atoms with Gasteiger partial charge in [0.15, 0.2) is 0 Å². The van der Waals surface area contributed by atoms with Crippen molar-refractivity contribution in [2.75, 3.05) is 0 Å². The molecule has 0 heterocycles. The molecule has 0 radical (unpaired) electrons. The summed E-state index contributed by atoms with van der Waals surface area (Å²) in [5, 5.41) is 18.6. The molecule has 0 fully saturated rings. The third-order valence-corrected chi connectivity index (χ3v) is 6.44. The highest BCUT2D eigenvalue weighted by Gasteiger charge is 2.39. The van der Waals surface area contributed by atoms with Crippen molar-refractivity contribution < 1.29 is 9.18 Å². The molecule has 33 heavy (non-hydrogen) atoms. The van der Waals surface area contributed by atoms with E-state index in [0.717, 1.165) is 22.3 Å². The van der Waals surface area contributed by atoms with Crippen molar-refractivity contribution in [1.29, 1.82) is 10.5 Å². The number of hydrogen-bond donors (Lipinski definition) is 1. The monoisotopic (exact) mass is 441 g/mol. The molecule has 168 valence electrons. The van der Waals surface area contributed by atoms with Crippen molar-refractivity contribution >= 4 is 11.4 Å². The fourth-order valence-corrected chi connectivity index (χ4v) is 4.34. The lowest BCUT2D eigenvalue weighted by Crippen LogP contribution is -2.47. The van der Waals surface area contributed by atoms with Crippen molar-refractivity contribution in [3.8, 4) is 12.1 Å². The molecular weight excluding hydrogens is 413 g/mol. The predicted molar refractivity (Wildman–Crippen MR) is 128 cm³/mol. The molecule has 5 heteroatoms. The summed E-state index contributed by atoms with van der Waals surface area (Å²) >= 11 is 0. The zero-order valence-electron chi connectivity index (χ0n) is 19.4. The average molecular weight is 442 g/mol. The second kappa shape index (κ2) is 9.14. The van der Waals surface area contributed by atoms with Crippen molar-refractivity contribution in [1.82, 2.24) is 0 Å². The van der Waals surface area contributed by atoms with Gasteiger partial charge in [-0.05, 0) is 73.2 Å². The molecular formula is C28H28FN3O. The first-order valence-corrected chi connectivity index (χ1v) is 11.0. The molecule has 2 aromatic rings. The number of allylic oxidation sites excluding steroid dienone is 3. The van der Waals surface area contributed by atoms with Crippen LogP contribution in [0.1, 0.15) is 68.7 Å². The minimum Gasteiger partial charge on any atom is -0.321 e. The minimum atomic E-state index is -0.969. The second-order valence-corrected chi connectivity index (χ2v) is 9.27. The molecule has 0 saturated carbocycles. The SMILES string of the molecule is CCC(=O)C(c1ccc(C(C)(C)C#N)cc1)C(C)(N)C1=CC(c2cc(F)cc(C#N)c2)=CC1. The highest BCUT2D eigenvalue weighted by Crippen LogP contribution is 2.40. The van der Waals surface area contributed by atoms with E-state index in [1.165, 1.54) is 12.1 Å². The van der Waals surface area contributed by atoms with Crippen molar-refractivity contribution in [2.45, 2.75) is 57.4 Å². The van der Waals surface area contributed by atoms with Crippen LogP contribution in [0.4, 0.5) is 4.39 Å². The lowest BCUT2D eigenvalue weighted by atomic mass is 9.72. The van der Waals surface area contributed by atoms with Gasteiger partial charge in [-0.1, -0.05) is 43.3 Å². The number of rotatable bonds is 7. The summed E-state index contributed by atoms with van der Waals surface area (Å²) in [5.74, 6) is -1.01. The number of carbonyl (C=O) groups is 1. The van der Waals surface area contributed by atoms with Crippen LogP contribution >= 0.6 is 0 Å². The Bertz CT molecular complexity index is 1220. The predicted octanol–water partition coefficient (Wildman–Crippen LogP) is 5.69. The van der Waals surface area contributed by atoms with Crippen molar-refractivity contribution in [3.63, 3.8) is 0 Å². The summed E-state index contributed by atoms with van der Waals surface area (Å²) in [5.41, 5.74) is 9.44. The maximum absolute atomic E-state index is 14.0. The van der Waals surface area contributed by atoms with Gasteiger partial charge in [0, 0.05) is 12.0 Å². The van der Waals surface area contributed by atoms with E-state index in [1.807, 2.05) is 70.2 Å². The number of carbonyl (C=O) groups excluding carboxylic acids is 1. The Kier molecular flexibility index (Phi) is 6.68. The van der Waals surface area contributed by atoms with E-state index < -0.39 is 22.7 Å². The van der Waals surface area contributed by atoms with E-state index in [1.54, 1.807) is 6.07 Å². The minimum absolute atomic E-state index is 0.0270. The van der Waals surface area contributed by atoms with Crippen LogP contribution in [-0.2, 0) is 10.2 Å². The molecule has 3 rings (SSSR count). The number of benzene rings is 2. The fraction of sp³-hybridized carbons (Fsp3) is 0.321. The van der Waals surface area contributed by atoms with E-state index in [0.29, 0.717) is 18.4 Å². The fourth-order valence-electron chi connectivity index (χ4n) is 4.34. The van der Waals surface area contributed by atoms with Crippen LogP contribution in [0, 0.1) is 28.5 Å². The second-order valence-electron chi connectivity index (χ2n) is 9.27. The number of nitrogens with zero attached hydrogens (tertiary/aromatic N) is 2. The summed E-state index contributed by atoms with van der Waals surface area (Å²) < 4.78 is 14.0. The van der Waals surface area contributed by atoms with E-state index in [-0.39, 0.29) is 11.3 Å². The van der Waals surface area contributed by atoms with Crippen LogP contribution in [0.5, 0.6) is 0 Å². The Morgan fingerprint density at radius 3 is 2.39 bits per heavy atom. The van der Waals surface area contributed by atoms with Gasteiger partial charge in [-0.2, -0.15) is 10.5 Å². The first kappa shape index (κ1) is 24.1. The number of hydrogen-bond acceptors (Lipinski definition) is 4. The molecule has 0 spiro atoms. The van der Waals surface area contributed by atoms with Crippen LogP contribution in [-0.4, -0.2) is 11.3 Å². The molecule has 2 unspecified atom stereocenters. The lowest BCUT2D eigenvalue weighted by molar-refractivity contribution is -0.121. The van der Waals surface area contributed by atoms with Gasteiger partial charge in [-0.25, -0.2) is 4.39 Å². The molecule has 0 amide bonds. The number of halogens is 1. The Labute approximate surface area is 194 Å². The maximum Gasteiger partial charge on any atom is 0.142 e. The topological polar surface area (TPSA) is 90.7 Å². The largest absolute Gasteiger partial charge is 0.321 e. The zero-order valence-corrected chi connectivity index (χ0v) is 19.4. The number of ketones is 1. The number of nitrogens with two attached hydrogens (primary N) is 1. The molecule has 4 nitrogen and oxygen atoms in total. The standard InChI is InChI=1S/C28H28FN3O/c1-5-25(33)26(19-6-9-22(10-7-19)27(2,3)17-31)28(4,32)23-11-8-20(14-23)21-12-18(16-30)13-24(29)15-21/h6-10,12-15,26H,5,11,32H2,1-4H3. The average Bonchev–Trinajstić information content (AvgIpc) is 3.30. The normalized spacial score (nSPS) is 16.1. The quantitative estimate of drug-likeness (QED) is 0.597.